The molecular formula is C14H17F3N2O2. The van der Waals surface area contributed by atoms with Crippen molar-refractivity contribution in [1.82, 2.24) is 4.90 Å². The van der Waals surface area contributed by atoms with Gasteiger partial charge in [-0.2, -0.15) is 13.2 Å². The number of rotatable bonds is 2. The number of nitrogens with zero attached hydrogens (tertiary/aromatic N) is 1. The lowest BCUT2D eigenvalue weighted by Crippen LogP contribution is -2.41. The molecule has 4 nitrogen and oxygen atoms in total. The van der Waals surface area contributed by atoms with Crippen molar-refractivity contribution in [3.05, 3.63) is 29.8 Å². The van der Waals surface area contributed by atoms with Crippen molar-refractivity contribution in [1.29, 1.82) is 0 Å². The maximum atomic E-state index is 12.6. The molecule has 2 rings (SSSR count). The summed E-state index contributed by atoms with van der Waals surface area (Å²) in [7, 11) is 0. The van der Waals surface area contributed by atoms with E-state index in [0.29, 0.717) is 25.9 Å². The van der Waals surface area contributed by atoms with Crippen molar-refractivity contribution >= 4 is 11.7 Å². The van der Waals surface area contributed by atoms with Gasteiger partial charge in [-0.05, 0) is 37.0 Å². The molecule has 2 N–H and O–H groups in total. The molecule has 1 fully saturated rings. The van der Waals surface area contributed by atoms with Crippen LogP contribution in [0, 0.1) is 5.92 Å². The van der Waals surface area contributed by atoms with E-state index in [0.717, 1.165) is 12.1 Å². The largest absolute Gasteiger partial charge is 0.416 e. The lowest BCUT2D eigenvalue weighted by molar-refractivity contribution is -0.137. The lowest BCUT2D eigenvalue weighted by atomic mass is 9.98. The van der Waals surface area contributed by atoms with Crippen LogP contribution in [0.2, 0.25) is 0 Å². The van der Waals surface area contributed by atoms with E-state index in [4.69, 9.17) is 5.11 Å². The summed E-state index contributed by atoms with van der Waals surface area (Å²) in [5.74, 6) is 0.197. The van der Waals surface area contributed by atoms with Crippen LogP contribution in [-0.4, -0.2) is 35.7 Å². The fourth-order valence-corrected chi connectivity index (χ4v) is 2.29. The van der Waals surface area contributed by atoms with Crippen LogP contribution < -0.4 is 5.32 Å². The molecule has 0 atom stereocenters. The van der Waals surface area contributed by atoms with E-state index in [-0.39, 0.29) is 18.2 Å². The zero-order valence-electron chi connectivity index (χ0n) is 11.4. The number of hydrogen-bond acceptors (Lipinski definition) is 2. The number of carbonyl (C=O) groups excluding carboxylic acids is 1. The van der Waals surface area contributed by atoms with Gasteiger partial charge in [0.1, 0.15) is 0 Å². The summed E-state index contributed by atoms with van der Waals surface area (Å²) in [5, 5.41) is 11.5. The first-order valence-electron chi connectivity index (χ1n) is 6.74. The molecule has 0 aliphatic carbocycles. The number of hydrogen-bond donors (Lipinski definition) is 2. The number of likely N-dealkylation sites (tertiary alicyclic amines) is 1. The Morgan fingerprint density at radius 2 is 2.00 bits per heavy atom. The number of halogens is 3. The van der Waals surface area contributed by atoms with Crippen molar-refractivity contribution in [2.45, 2.75) is 19.0 Å². The fourth-order valence-electron chi connectivity index (χ4n) is 2.29. The first-order valence-corrected chi connectivity index (χ1v) is 6.74. The molecule has 0 radical (unpaired) electrons. The van der Waals surface area contributed by atoms with Crippen LogP contribution in [0.5, 0.6) is 0 Å². The molecule has 0 aromatic heterocycles. The predicted molar refractivity (Wildman–Crippen MR) is 71.8 cm³/mol. The Kier molecular flexibility index (Phi) is 4.72. The molecular weight excluding hydrogens is 285 g/mol. The highest BCUT2D eigenvalue weighted by Crippen LogP contribution is 2.30. The number of piperidine rings is 1. The van der Waals surface area contributed by atoms with E-state index in [1.54, 1.807) is 4.90 Å². The molecule has 0 unspecified atom stereocenters. The molecule has 1 aliphatic rings. The van der Waals surface area contributed by atoms with E-state index < -0.39 is 17.8 Å². The summed E-state index contributed by atoms with van der Waals surface area (Å²) in [6, 6.07) is 4.15. The average Bonchev–Trinajstić information content (AvgIpc) is 2.47. The van der Waals surface area contributed by atoms with E-state index >= 15 is 0 Å². The molecule has 2 amide bonds. The van der Waals surface area contributed by atoms with Crippen LogP contribution in [0.4, 0.5) is 23.7 Å². The van der Waals surface area contributed by atoms with Crippen LogP contribution in [0.1, 0.15) is 18.4 Å². The average molecular weight is 302 g/mol. The summed E-state index contributed by atoms with van der Waals surface area (Å²) in [5.41, 5.74) is -0.668. The third-order valence-electron chi connectivity index (χ3n) is 3.60. The number of amides is 2. The second kappa shape index (κ2) is 6.34. The monoisotopic (exact) mass is 302 g/mol. The highest BCUT2D eigenvalue weighted by molar-refractivity contribution is 5.89. The number of aliphatic hydroxyl groups is 1. The van der Waals surface area contributed by atoms with Crippen LogP contribution in [0.15, 0.2) is 24.3 Å². The summed E-state index contributed by atoms with van der Waals surface area (Å²) < 4.78 is 37.8. The van der Waals surface area contributed by atoms with Crippen molar-refractivity contribution in [3.63, 3.8) is 0 Å². The van der Waals surface area contributed by atoms with Crippen molar-refractivity contribution in [2.75, 3.05) is 25.0 Å². The number of carbonyl (C=O) groups is 1. The van der Waals surface area contributed by atoms with Crippen LogP contribution in [0.25, 0.3) is 0 Å². The molecule has 1 aromatic carbocycles. The number of anilines is 1. The normalized spacial score (nSPS) is 16.9. The molecule has 1 saturated heterocycles. The number of nitrogens with one attached hydrogen (secondary N) is 1. The van der Waals surface area contributed by atoms with E-state index in [2.05, 4.69) is 5.32 Å². The Hall–Kier alpha value is -1.76. The predicted octanol–water partition coefficient (Wildman–Crippen LogP) is 2.94. The highest BCUT2D eigenvalue weighted by atomic mass is 19.4. The van der Waals surface area contributed by atoms with Crippen LogP contribution >= 0.6 is 0 Å². The Bertz CT molecular complexity index is 497. The van der Waals surface area contributed by atoms with Crippen molar-refractivity contribution < 1.29 is 23.1 Å². The zero-order valence-corrected chi connectivity index (χ0v) is 11.4. The Morgan fingerprint density at radius 1 is 1.33 bits per heavy atom. The number of aliphatic hydroxyl groups excluding tert-OH is 1. The smallest absolute Gasteiger partial charge is 0.396 e. The van der Waals surface area contributed by atoms with Crippen molar-refractivity contribution in [2.24, 2.45) is 5.92 Å². The third-order valence-corrected chi connectivity index (χ3v) is 3.60. The highest BCUT2D eigenvalue weighted by Gasteiger charge is 2.30. The third kappa shape index (κ3) is 4.10. The molecule has 0 bridgehead atoms. The summed E-state index contributed by atoms with van der Waals surface area (Å²) in [6.07, 6.45) is -3.03. The van der Waals surface area contributed by atoms with Gasteiger partial charge >= 0.3 is 12.2 Å². The Morgan fingerprint density at radius 3 is 2.57 bits per heavy atom. The second-order valence-corrected chi connectivity index (χ2v) is 5.12. The van der Waals surface area contributed by atoms with Gasteiger partial charge in [-0.1, -0.05) is 6.07 Å². The molecule has 21 heavy (non-hydrogen) atoms. The number of alkyl halides is 3. The van der Waals surface area contributed by atoms with E-state index in [9.17, 15) is 18.0 Å². The quantitative estimate of drug-likeness (QED) is 0.882. The van der Waals surface area contributed by atoms with Gasteiger partial charge < -0.3 is 15.3 Å². The molecule has 0 saturated carbocycles. The van der Waals surface area contributed by atoms with Gasteiger partial charge in [0, 0.05) is 25.4 Å². The van der Waals surface area contributed by atoms with Gasteiger partial charge in [0.15, 0.2) is 0 Å². The minimum Gasteiger partial charge on any atom is -0.396 e. The lowest BCUT2D eigenvalue weighted by Gasteiger charge is -2.31. The zero-order chi connectivity index (χ0) is 15.5. The summed E-state index contributed by atoms with van der Waals surface area (Å²) in [4.78, 5) is 13.5. The van der Waals surface area contributed by atoms with Gasteiger partial charge in [0.2, 0.25) is 0 Å². The Labute approximate surface area is 120 Å². The van der Waals surface area contributed by atoms with Gasteiger partial charge in [0.25, 0.3) is 0 Å². The maximum Gasteiger partial charge on any atom is 0.416 e. The molecule has 1 aromatic rings. The maximum absolute atomic E-state index is 12.6. The molecule has 1 aliphatic heterocycles. The number of urea groups is 1. The van der Waals surface area contributed by atoms with Gasteiger partial charge in [0.05, 0.1) is 5.56 Å². The molecule has 7 heteroatoms. The fraction of sp³-hybridized carbons (Fsp3) is 0.500. The minimum atomic E-state index is -4.43. The number of benzene rings is 1. The molecule has 116 valence electrons. The van der Waals surface area contributed by atoms with E-state index in [1.807, 2.05) is 0 Å². The molecule has 0 spiro atoms. The second-order valence-electron chi connectivity index (χ2n) is 5.12. The Balaban J connectivity index is 1.97. The first kappa shape index (κ1) is 15.6. The standard InChI is InChI=1S/C14H17F3N2O2/c15-14(16,17)11-2-1-3-12(8-11)18-13(21)19-6-4-10(9-20)5-7-19/h1-3,8,10,20H,4-7,9H2,(H,18,21). The SMILES string of the molecule is O=C(Nc1cccc(C(F)(F)F)c1)N1CCC(CO)CC1. The van der Waals surface area contributed by atoms with Gasteiger partial charge in [-0.3, -0.25) is 0 Å². The van der Waals surface area contributed by atoms with Crippen LogP contribution in [-0.2, 0) is 6.18 Å². The summed E-state index contributed by atoms with van der Waals surface area (Å²) in [6.45, 7) is 1.09. The van der Waals surface area contributed by atoms with E-state index in [1.165, 1.54) is 12.1 Å². The first-order chi connectivity index (χ1) is 9.90. The van der Waals surface area contributed by atoms with Crippen molar-refractivity contribution in [3.8, 4) is 0 Å². The topological polar surface area (TPSA) is 52.6 Å². The molecule has 1 heterocycles. The van der Waals surface area contributed by atoms with Gasteiger partial charge in [-0.15, -0.1) is 0 Å². The minimum absolute atomic E-state index is 0.100. The summed E-state index contributed by atoms with van der Waals surface area (Å²) >= 11 is 0. The van der Waals surface area contributed by atoms with Gasteiger partial charge in [-0.25, -0.2) is 4.79 Å². The van der Waals surface area contributed by atoms with Crippen LogP contribution in [0.3, 0.4) is 0 Å².